The molecule has 0 radical (unpaired) electrons. The Hall–Kier alpha value is -3.95. The fourth-order valence-electron chi connectivity index (χ4n) is 3.95. The van der Waals surface area contributed by atoms with Crippen LogP contribution < -0.4 is 11.1 Å². The lowest BCUT2D eigenvalue weighted by Crippen LogP contribution is -2.80. The summed E-state index contributed by atoms with van der Waals surface area (Å²) in [6.45, 7) is -0.595. The second kappa shape index (κ2) is 11.2. The highest BCUT2D eigenvalue weighted by atomic mass is 32.2. The molecule has 2 aliphatic heterocycles. The first kappa shape index (κ1) is 27.1. The first-order valence-electron chi connectivity index (χ1n) is 11.0. The Morgan fingerprint density at radius 1 is 1.21 bits per heavy atom. The molecule has 3 amide bonds. The maximum absolute atomic E-state index is 13.4. The van der Waals surface area contributed by atoms with E-state index in [0.717, 1.165) is 9.78 Å². The third kappa shape index (κ3) is 5.34. The second-order valence-electron chi connectivity index (χ2n) is 8.14. The first-order valence-corrected chi connectivity index (χ1v) is 13.0. The van der Waals surface area contributed by atoms with Crippen molar-refractivity contribution >= 4 is 52.7 Å². The molecule has 0 bridgehead atoms. The van der Waals surface area contributed by atoms with Crippen LogP contribution in [0.25, 0.3) is 0 Å². The molecule has 3 heterocycles. The van der Waals surface area contributed by atoms with Crippen LogP contribution in [-0.4, -0.2) is 64.3 Å². The zero-order chi connectivity index (χ0) is 27.4. The molecule has 38 heavy (non-hydrogen) atoms. The van der Waals surface area contributed by atoms with Gasteiger partial charge in [-0.05, 0) is 29.1 Å². The second-order valence-corrected chi connectivity index (χ2v) is 10.2. The Morgan fingerprint density at radius 2 is 1.95 bits per heavy atom. The molecule has 1 aromatic carbocycles. The number of amides is 3. The van der Waals surface area contributed by atoms with E-state index < -0.39 is 39.9 Å². The largest absolute Gasteiger partial charge is 0.456 e. The van der Waals surface area contributed by atoms with Crippen molar-refractivity contribution in [2.45, 2.75) is 24.1 Å². The molecule has 1 aromatic heterocycles. The number of nitrogens with two attached hydrogens (primary N) is 1. The zero-order valence-corrected chi connectivity index (χ0v) is 21.5. The summed E-state index contributed by atoms with van der Waals surface area (Å²) in [5, 5.41) is 14.5. The van der Waals surface area contributed by atoms with Crippen molar-refractivity contribution in [1.29, 1.82) is 0 Å². The standard InChI is InChI=1S/C23H22N4O9S2/c1-34-23(25-17(28)9-16-3-2-8-37-16)20(30)26-18(14(11-36-22(24)31)12-38-21(23)26)19(29)35-10-13-4-6-15(7-5-13)27(32)33/h2-8,21H,9-12H2,1H3,(H2,24,31)(H,25,28)/t21-,23-/m1/s1. The Morgan fingerprint density at radius 3 is 2.55 bits per heavy atom. The third-order valence-electron chi connectivity index (χ3n) is 5.77. The number of nitrogens with one attached hydrogen (secondary N) is 1. The maximum atomic E-state index is 13.4. The van der Waals surface area contributed by atoms with Gasteiger partial charge < -0.3 is 25.3 Å². The van der Waals surface area contributed by atoms with Gasteiger partial charge in [0.25, 0.3) is 17.3 Å². The Bertz CT molecular complexity index is 1300. The van der Waals surface area contributed by atoms with Crippen molar-refractivity contribution in [3.63, 3.8) is 0 Å². The Balaban J connectivity index is 1.54. The van der Waals surface area contributed by atoms with Gasteiger partial charge in [-0.15, -0.1) is 23.1 Å². The van der Waals surface area contributed by atoms with Gasteiger partial charge >= 0.3 is 12.1 Å². The molecule has 0 saturated carbocycles. The molecule has 1 saturated heterocycles. The predicted octanol–water partition coefficient (Wildman–Crippen LogP) is 1.67. The number of hydrogen-bond donors (Lipinski definition) is 2. The van der Waals surface area contributed by atoms with E-state index in [9.17, 15) is 29.3 Å². The number of esters is 1. The molecule has 0 aliphatic carbocycles. The number of methoxy groups -OCH3 is 1. The van der Waals surface area contributed by atoms with Crippen LogP contribution in [0.2, 0.25) is 0 Å². The molecule has 1 fully saturated rings. The van der Waals surface area contributed by atoms with Gasteiger partial charge in [0.1, 0.15) is 24.3 Å². The number of primary amides is 1. The molecule has 0 spiro atoms. The van der Waals surface area contributed by atoms with Crippen LogP contribution in [-0.2, 0) is 41.6 Å². The van der Waals surface area contributed by atoms with Gasteiger partial charge in [0, 0.05) is 35.4 Å². The molecule has 2 aliphatic rings. The van der Waals surface area contributed by atoms with Crippen molar-refractivity contribution in [3.05, 3.63) is 73.6 Å². The summed E-state index contributed by atoms with van der Waals surface area (Å²) in [5.74, 6) is -1.87. The number of benzene rings is 1. The number of thioether (sulfide) groups is 1. The van der Waals surface area contributed by atoms with Gasteiger partial charge in [0.05, 0.1) is 11.3 Å². The van der Waals surface area contributed by atoms with Gasteiger partial charge in [-0.2, -0.15) is 0 Å². The summed E-state index contributed by atoms with van der Waals surface area (Å²) in [6, 6.07) is 9.01. The quantitative estimate of drug-likeness (QED) is 0.142. The number of thiophene rings is 1. The van der Waals surface area contributed by atoms with Crippen LogP contribution in [0.5, 0.6) is 0 Å². The van der Waals surface area contributed by atoms with Crippen LogP contribution in [0.3, 0.4) is 0 Å². The minimum atomic E-state index is -1.71. The minimum absolute atomic E-state index is 0.0467. The highest BCUT2D eigenvalue weighted by Crippen LogP contribution is 2.47. The summed E-state index contributed by atoms with van der Waals surface area (Å²) in [6.07, 6.45) is -1.02. The molecule has 200 valence electrons. The average Bonchev–Trinajstić information content (AvgIpc) is 3.41. The van der Waals surface area contributed by atoms with Crippen molar-refractivity contribution in [2.24, 2.45) is 5.73 Å². The lowest BCUT2D eigenvalue weighted by Gasteiger charge is -2.55. The smallest absolute Gasteiger partial charge is 0.404 e. The zero-order valence-electron chi connectivity index (χ0n) is 19.9. The molecule has 3 N–H and O–H groups in total. The van der Waals surface area contributed by atoms with Gasteiger partial charge in [-0.3, -0.25) is 24.6 Å². The van der Waals surface area contributed by atoms with Gasteiger partial charge in [-0.1, -0.05) is 6.07 Å². The van der Waals surface area contributed by atoms with E-state index in [0.29, 0.717) is 5.56 Å². The molecular formula is C23H22N4O9S2. The Labute approximate surface area is 224 Å². The molecular weight excluding hydrogens is 540 g/mol. The van der Waals surface area contributed by atoms with Gasteiger partial charge in [0.2, 0.25) is 5.91 Å². The van der Waals surface area contributed by atoms with Gasteiger partial charge in [-0.25, -0.2) is 9.59 Å². The molecule has 15 heteroatoms. The molecule has 0 unspecified atom stereocenters. The van der Waals surface area contributed by atoms with Gasteiger partial charge in [0.15, 0.2) is 0 Å². The summed E-state index contributed by atoms with van der Waals surface area (Å²) in [5.41, 5.74) is 3.85. The molecule has 13 nitrogen and oxygen atoms in total. The Kier molecular flexibility index (Phi) is 7.99. The summed E-state index contributed by atoms with van der Waals surface area (Å²) >= 11 is 2.60. The van der Waals surface area contributed by atoms with Crippen molar-refractivity contribution in [2.75, 3.05) is 19.5 Å². The lowest BCUT2D eigenvalue weighted by atomic mass is 9.98. The lowest BCUT2D eigenvalue weighted by molar-refractivity contribution is -0.384. The fraction of sp³-hybridized carbons (Fsp3) is 0.304. The number of rotatable bonds is 10. The van der Waals surface area contributed by atoms with E-state index in [4.69, 9.17) is 19.9 Å². The van der Waals surface area contributed by atoms with Crippen molar-refractivity contribution < 1.29 is 38.3 Å². The molecule has 2 atom stereocenters. The third-order valence-corrected chi connectivity index (χ3v) is 8.02. The van der Waals surface area contributed by atoms with E-state index in [-0.39, 0.29) is 42.3 Å². The maximum Gasteiger partial charge on any atom is 0.404 e. The van der Waals surface area contributed by atoms with E-state index in [2.05, 4.69) is 5.32 Å². The molecule has 2 aromatic rings. The number of fused-ring (bicyclic) bond motifs is 1. The van der Waals surface area contributed by atoms with E-state index in [1.165, 1.54) is 54.5 Å². The fourth-order valence-corrected chi connectivity index (χ4v) is 6.08. The number of β-lactam (4-membered cyclic amide) rings is 1. The summed E-state index contributed by atoms with van der Waals surface area (Å²) < 4.78 is 15.7. The minimum Gasteiger partial charge on any atom is -0.456 e. The highest BCUT2D eigenvalue weighted by molar-refractivity contribution is 8.00. The SMILES string of the molecule is CO[C@]1(NC(=O)Cc2cccs2)C(=O)N2C(C(=O)OCc3ccc([N+](=O)[O-])cc3)=C(COC(N)=O)CS[C@@H]21. The predicted molar refractivity (Wildman–Crippen MR) is 134 cm³/mol. The number of ether oxygens (including phenoxy) is 3. The summed E-state index contributed by atoms with van der Waals surface area (Å²) in [4.78, 5) is 62.7. The van der Waals surface area contributed by atoms with E-state index in [1.54, 1.807) is 6.07 Å². The first-order chi connectivity index (χ1) is 18.2. The number of nitro groups is 1. The summed E-state index contributed by atoms with van der Waals surface area (Å²) in [7, 11) is 1.28. The van der Waals surface area contributed by atoms with E-state index in [1.807, 2.05) is 11.4 Å². The van der Waals surface area contributed by atoms with E-state index >= 15 is 0 Å². The topological polar surface area (TPSA) is 180 Å². The average molecular weight is 563 g/mol. The number of hydrogen-bond acceptors (Lipinski definition) is 11. The number of carbonyl (C=O) groups is 4. The van der Waals surface area contributed by atoms with Crippen LogP contribution in [0, 0.1) is 10.1 Å². The van der Waals surface area contributed by atoms with Crippen LogP contribution in [0.15, 0.2) is 53.0 Å². The van der Waals surface area contributed by atoms with Crippen molar-refractivity contribution in [3.8, 4) is 0 Å². The monoisotopic (exact) mass is 562 g/mol. The molecule has 4 rings (SSSR count). The number of carbonyl (C=O) groups excluding carboxylic acids is 4. The van der Waals surface area contributed by atoms with Crippen LogP contribution >= 0.6 is 23.1 Å². The normalized spacial score (nSPS) is 20.3. The van der Waals surface area contributed by atoms with Crippen LogP contribution in [0.4, 0.5) is 10.5 Å². The van der Waals surface area contributed by atoms with Crippen molar-refractivity contribution in [1.82, 2.24) is 10.2 Å². The highest BCUT2D eigenvalue weighted by Gasteiger charge is 2.66. The number of nitrogens with zero attached hydrogens (tertiary/aromatic N) is 2. The van der Waals surface area contributed by atoms with Crippen LogP contribution in [0.1, 0.15) is 10.4 Å². The number of nitro benzene ring substituents is 1. The number of non-ortho nitro benzene ring substituents is 1.